The first-order valence-corrected chi connectivity index (χ1v) is 10.0. The van der Waals surface area contributed by atoms with Crippen molar-refractivity contribution < 1.29 is 10.2 Å². The van der Waals surface area contributed by atoms with Crippen molar-refractivity contribution in [1.82, 2.24) is 19.9 Å². The Morgan fingerprint density at radius 3 is 2.69 bits per heavy atom. The maximum Gasteiger partial charge on any atom is 0.163 e. The molecule has 1 fully saturated rings. The molecule has 1 saturated heterocycles. The summed E-state index contributed by atoms with van der Waals surface area (Å²) in [5.41, 5.74) is 3.06. The van der Waals surface area contributed by atoms with Gasteiger partial charge in [0, 0.05) is 31.3 Å². The van der Waals surface area contributed by atoms with Crippen LogP contribution in [-0.4, -0.2) is 56.2 Å². The van der Waals surface area contributed by atoms with Crippen LogP contribution in [0, 0.1) is 0 Å². The van der Waals surface area contributed by atoms with Gasteiger partial charge < -0.3 is 26.2 Å². The molecule has 0 bridgehead atoms. The summed E-state index contributed by atoms with van der Waals surface area (Å²) in [4.78, 5) is 4.75. The highest BCUT2D eigenvalue weighted by molar-refractivity contribution is 5.61. The second-order valence-corrected chi connectivity index (χ2v) is 7.81. The minimum Gasteiger partial charge on any atom is -0.389 e. The van der Waals surface area contributed by atoms with Crippen molar-refractivity contribution in [2.45, 2.75) is 44.6 Å². The number of nitrogens with one attached hydrogen (secondary N) is 3. The molecule has 29 heavy (non-hydrogen) atoms. The number of benzene rings is 1. The fourth-order valence-electron chi connectivity index (χ4n) is 3.58. The van der Waals surface area contributed by atoms with Crippen molar-refractivity contribution in [2.24, 2.45) is 0 Å². The standard InChI is InChI=1S/C21H28N6O2/c1-13(2)15-10-25-27-19(24-9-14-6-4-3-5-7-14)8-18(26-21(15)27)23-11-16-20(29)17(28)12-22-16/h3-8,10,13,16-17,20,22,24,28-29H,9,11-12H2,1-2H3,(H,23,26). The predicted octanol–water partition coefficient (Wildman–Crippen LogP) is 1.57. The monoisotopic (exact) mass is 396 g/mol. The zero-order valence-corrected chi connectivity index (χ0v) is 16.7. The van der Waals surface area contributed by atoms with Crippen LogP contribution in [0.3, 0.4) is 0 Å². The van der Waals surface area contributed by atoms with Gasteiger partial charge in [-0.1, -0.05) is 44.2 Å². The molecule has 1 aliphatic heterocycles. The number of hydrogen-bond acceptors (Lipinski definition) is 7. The Labute approximate surface area is 170 Å². The van der Waals surface area contributed by atoms with E-state index in [2.05, 4.69) is 47.0 Å². The first kappa shape index (κ1) is 19.6. The Morgan fingerprint density at radius 2 is 2.00 bits per heavy atom. The normalized spacial score (nSPS) is 21.8. The minimum atomic E-state index is -0.789. The Bertz CT molecular complexity index is 958. The number of β-amino-alcohol motifs (C(OH)–C–C–N with tert-alkyl or cyclic N) is 1. The third kappa shape index (κ3) is 4.19. The van der Waals surface area contributed by atoms with Gasteiger partial charge >= 0.3 is 0 Å². The topological polar surface area (TPSA) is 107 Å². The van der Waals surface area contributed by atoms with Crippen molar-refractivity contribution in [1.29, 1.82) is 0 Å². The molecule has 8 nitrogen and oxygen atoms in total. The summed E-state index contributed by atoms with van der Waals surface area (Å²) in [5.74, 6) is 1.84. The largest absolute Gasteiger partial charge is 0.389 e. The van der Waals surface area contributed by atoms with E-state index in [0.29, 0.717) is 31.4 Å². The van der Waals surface area contributed by atoms with Crippen LogP contribution >= 0.6 is 0 Å². The van der Waals surface area contributed by atoms with Crippen molar-refractivity contribution in [2.75, 3.05) is 23.7 Å². The van der Waals surface area contributed by atoms with E-state index in [1.54, 1.807) is 0 Å². The molecule has 0 radical (unpaired) electrons. The molecule has 3 heterocycles. The number of anilines is 2. The van der Waals surface area contributed by atoms with E-state index >= 15 is 0 Å². The minimum absolute atomic E-state index is 0.224. The fourth-order valence-corrected chi connectivity index (χ4v) is 3.58. The molecule has 0 saturated carbocycles. The van der Waals surface area contributed by atoms with Crippen LogP contribution in [0.2, 0.25) is 0 Å². The molecule has 0 amide bonds. The van der Waals surface area contributed by atoms with Crippen molar-refractivity contribution in [3.8, 4) is 0 Å². The van der Waals surface area contributed by atoms with E-state index in [1.807, 2.05) is 35.0 Å². The van der Waals surface area contributed by atoms with Gasteiger partial charge in [0.05, 0.1) is 24.4 Å². The van der Waals surface area contributed by atoms with Crippen LogP contribution in [0.4, 0.5) is 11.6 Å². The van der Waals surface area contributed by atoms with E-state index in [-0.39, 0.29) is 6.04 Å². The molecule has 3 unspecified atom stereocenters. The van der Waals surface area contributed by atoms with Gasteiger partial charge in [-0.15, -0.1) is 0 Å². The molecule has 3 aromatic rings. The number of aliphatic hydroxyl groups is 2. The van der Waals surface area contributed by atoms with Gasteiger partial charge in [-0.3, -0.25) is 0 Å². The van der Waals surface area contributed by atoms with E-state index in [1.165, 1.54) is 5.56 Å². The molecule has 1 aliphatic rings. The number of aliphatic hydroxyl groups excluding tert-OH is 2. The Morgan fingerprint density at radius 1 is 1.21 bits per heavy atom. The van der Waals surface area contributed by atoms with Gasteiger partial charge in [0.1, 0.15) is 11.6 Å². The van der Waals surface area contributed by atoms with E-state index < -0.39 is 12.2 Å². The van der Waals surface area contributed by atoms with E-state index in [4.69, 9.17) is 4.98 Å². The summed E-state index contributed by atoms with van der Waals surface area (Å²) < 4.78 is 1.83. The summed E-state index contributed by atoms with van der Waals surface area (Å²) in [6.45, 7) is 5.77. The maximum absolute atomic E-state index is 10.1. The lowest BCUT2D eigenvalue weighted by Gasteiger charge is -2.18. The number of nitrogens with zero attached hydrogens (tertiary/aromatic N) is 3. The first-order valence-electron chi connectivity index (χ1n) is 10.0. The summed E-state index contributed by atoms with van der Waals surface area (Å²) in [7, 11) is 0. The van der Waals surface area contributed by atoms with Crippen molar-refractivity contribution in [3.05, 3.63) is 53.7 Å². The van der Waals surface area contributed by atoms with Crippen LogP contribution in [-0.2, 0) is 6.54 Å². The number of fused-ring (bicyclic) bond motifs is 1. The van der Waals surface area contributed by atoms with E-state index in [0.717, 1.165) is 17.0 Å². The Balaban J connectivity index is 1.59. The van der Waals surface area contributed by atoms with Crippen LogP contribution in [0.15, 0.2) is 42.6 Å². The predicted molar refractivity (Wildman–Crippen MR) is 113 cm³/mol. The number of rotatable bonds is 7. The third-order valence-electron chi connectivity index (χ3n) is 5.34. The SMILES string of the molecule is CC(C)c1cnn2c(NCc3ccccc3)cc(NCC3NCC(O)C3O)nc12. The zero-order chi connectivity index (χ0) is 20.4. The quantitative estimate of drug-likeness (QED) is 0.413. The lowest BCUT2D eigenvalue weighted by atomic mass is 10.1. The lowest BCUT2D eigenvalue weighted by molar-refractivity contribution is 0.0427. The van der Waals surface area contributed by atoms with Crippen LogP contribution in [0.5, 0.6) is 0 Å². The van der Waals surface area contributed by atoms with Gasteiger partial charge in [-0.05, 0) is 11.5 Å². The van der Waals surface area contributed by atoms with Gasteiger partial charge in [0.2, 0.25) is 0 Å². The molecule has 1 aromatic carbocycles. The third-order valence-corrected chi connectivity index (χ3v) is 5.34. The average Bonchev–Trinajstić information content (AvgIpc) is 3.29. The number of aromatic nitrogens is 3. The highest BCUT2D eigenvalue weighted by atomic mass is 16.3. The summed E-state index contributed by atoms with van der Waals surface area (Å²) in [6.07, 6.45) is 0.342. The molecule has 2 aromatic heterocycles. The Hall–Kier alpha value is -2.68. The number of hydrogen-bond donors (Lipinski definition) is 5. The molecule has 154 valence electrons. The second-order valence-electron chi connectivity index (χ2n) is 7.81. The molecule has 3 atom stereocenters. The van der Waals surface area contributed by atoms with Gasteiger partial charge in [-0.25, -0.2) is 4.98 Å². The van der Waals surface area contributed by atoms with Gasteiger partial charge in [0.15, 0.2) is 5.65 Å². The first-order chi connectivity index (χ1) is 14.0. The summed E-state index contributed by atoms with van der Waals surface area (Å²) in [6, 6.07) is 11.9. The van der Waals surface area contributed by atoms with Crippen molar-refractivity contribution in [3.63, 3.8) is 0 Å². The molecule has 5 N–H and O–H groups in total. The van der Waals surface area contributed by atoms with Crippen LogP contribution < -0.4 is 16.0 Å². The highest BCUT2D eigenvalue weighted by Gasteiger charge is 2.32. The maximum atomic E-state index is 10.1. The van der Waals surface area contributed by atoms with Crippen LogP contribution in [0.25, 0.3) is 5.65 Å². The van der Waals surface area contributed by atoms with Gasteiger partial charge in [-0.2, -0.15) is 9.61 Å². The summed E-state index contributed by atoms with van der Waals surface area (Å²) >= 11 is 0. The molecule has 0 aliphatic carbocycles. The smallest absolute Gasteiger partial charge is 0.163 e. The molecule has 0 spiro atoms. The molecular formula is C21H28N6O2. The Kier molecular flexibility index (Phi) is 5.66. The summed E-state index contributed by atoms with van der Waals surface area (Å²) in [5, 5.41) is 34.2. The lowest BCUT2D eigenvalue weighted by Crippen LogP contribution is -2.39. The van der Waals surface area contributed by atoms with Crippen LogP contribution in [0.1, 0.15) is 30.9 Å². The average molecular weight is 396 g/mol. The zero-order valence-electron chi connectivity index (χ0n) is 16.7. The molecular weight excluding hydrogens is 368 g/mol. The highest BCUT2D eigenvalue weighted by Crippen LogP contribution is 2.24. The molecule has 8 heteroatoms. The van der Waals surface area contributed by atoms with Gasteiger partial charge in [0.25, 0.3) is 0 Å². The molecule has 4 rings (SSSR count). The van der Waals surface area contributed by atoms with E-state index in [9.17, 15) is 10.2 Å². The second kappa shape index (κ2) is 8.36. The fraction of sp³-hybridized carbons (Fsp3) is 0.429. The van der Waals surface area contributed by atoms with Crippen molar-refractivity contribution >= 4 is 17.3 Å².